The Hall–Kier alpha value is -1.51. The van der Waals surface area contributed by atoms with E-state index in [1.54, 1.807) is 4.90 Å². The van der Waals surface area contributed by atoms with Gasteiger partial charge in [0, 0.05) is 25.7 Å². The number of likely N-dealkylation sites (N-methyl/N-ethyl adjacent to an activating group) is 1. The maximum atomic E-state index is 11.9. The van der Waals surface area contributed by atoms with Crippen LogP contribution in [-0.4, -0.2) is 30.4 Å². The van der Waals surface area contributed by atoms with Crippen LogP contribution in [0.4, 0.5) is 5.69 Å². The zero-order chi connectivity index (χ0) is 10.8. The fourth-order valence-corrected chi connectivity index (χ4v) is 1.87. The summed E-state index contributed by atoms with van der Waals surface area (Å²) in [5.74, 6) is 0.175. The standard InChI is InChI=1S/C12H16N2O/c1-3-14(2)12(15)11-8-9-6-4-5-7-10(9)13-11/h4-7,11,13H,3,8H2,1-2H3/t11-/m0/s1. The molecule has 80 valence electrons. The molecule has 15 heavy (non-hydrogen) atoms. The van der Waals surface area contributed by atoms with Crippen molar-refractivity contribution in [3.05, 3.63) is 29.8 Å². The lowest BCUT2D eigenvalue weighted by atomic mass is 10.1. The van der Waals surface area contributed by atoms with E-state index in [2.05, 4.69) is 11.4 Å². The SMILES string of the molecule is CCN(C)C(=O)[C@@H]1Cc2ccccc2N1. The summed E-state index contributed by atoms with van der Waals surface area (Å²) >= 11 is 0. The largest absolute Gasteiger partial charge is 0.373 e. The lowest BCUT2D eigenvalue weighted by molar-refractivity contribution is -0.130. The van der Waals surface area contributed by atoms with Gasteiger partial charge in [0.15, 0.2) is 0 Å². The molecular weight excluding hydrogens is 188 g/mol. The number of hydrogen-bond donors (Lipinski definition) is 1. The second-order valence-corrected chi connectivity index (χ2v) is 3.91. The van der Waals surface area contributed by atoms with Gasteiger partial charge in [-0.2, -0.15) is 0 Å². The Morgan fingerprint density at radius 3 is 2.93 bits per heavy atom. The summed E-state index contributed by atoms with van der Waals surface area (Å²) in [5.41, 5.74) is 2.33. The van der Waals surface area contributed by atoms with Gasteiger partial charge >= 0.3 is 0 Å². The highest BCUT2D eigenvalue weighted by molar-refractivity contribution is 5.87. The van der Waals surface area contributed by atoms with Crippen LogP contribution in [0.3, 0.4) is 0 Å². The molecule has 1 atom stereocenters. The molecule has 3 heteroatoms. The van der Waals surface area contributed by atoms with Gasteiger partial charge in [0.25, 0.3) is 0 Å². The Kier molecular flexibility index (Phi) is 2.62. The zero-order valence-corrected chi connectivity index (χ0v) is 9.16. The topological polar surface area (TPSA) is 32.3 Å². The number of nitrogens with zero attached hydrogens (tertiary/aromatic N) is 1. The highest BCUT2D eigenvalue weighted by Crippen LogP contribution is 2.25. The molecule has 0 spiro atoms. The maximum Gasteiger partial charge on any atom is 0.245 e. The molecule has 0 radical (unpaired) electrons. The number of rotatable bonds is 2. The normalized spacial score (nSPS) is 18.1. The molecule has 0 fully saturated rings. The van der Waals surface area contributed by atoms with E-state index in [-0.39, 0.29) is 11.9 Å². The van der Waals surface area contributed by atoms with E-state index >= 15 is 0 Å². The van der Waals surface area contributed by atoms with Crippen LogP contribution < -0.4 is 5.32 Å². The summed E-state index contributed by atoms with van der Waals surface area (Å²) in [6.07, 6.45) is 0.805. The minimum Gasteiger partial charge on any atom is -0.373 e. The second-order valence-electron chi connectivity index (χ2n) is 3.91. The van der Waals surface area contributed by atoms with Gasteiger partial charge in [-0.15, -0.1) is 0 Å². The number of benzene rings is 1. The number of nitrogens with one attached hydrogen (secondary N) is 1. The summed E-state index contributed by atoms with van der Waals surface area (Å²) in [4.78, 5) is 13.7. The van der Waals surface area contributed by atoms with E-state index in [9.17, 15) is 4.79 Å². The summed E-state index contributed by atoms with van der Waals surface area (Å²) in [6.45, 7) is 2.74. The van der Waals surface area contributed by atoms with Crippen LogP contribution in [0.2, 0.25) is 0 Å². The average molecular weight is 204 g/mol. The molecule has 1 aromatic rings. The molecule has 3 nitrogen and oxygen atoms in total. The van der Waals surface area contributed by atoms with Crippen LogP contribution in [-0.2, 0) is 11.2 Å². The Labute approximate surface area is 90.1 Å². The van der Waals surface area contributed by atoms with Crippen LogP contribution in [0.15, 0.2) is 24.3 Å². The quantitative estimate of drug-likeness (QED) is 0.791. The molecule has 0 saturated carbocycles. The third-order valence-electron chi connectivity index (χ3n) is 2.92. The Bertz CT molecular complexity index is 351. The Balaban J connectivity index is 2.10. The molecule has 0 bridgehead atoms. The molecule has 2 rings (SSSR count). The van der Waals surface area contributed by atoms with Crippen LogP contribution in [0, 0.1) is 0 Å². The first-order valence-corrected chi connectivity index (χ1v) is 5.31. The minimum absolute atomic E-state index is 0.0765. The molecule has 0 aliphatic carbocycles. The Morgan fingerprint density at radius 1 is 1.53 bits per heavy atom. The van der Waals surface area contributed by atoms with E-state index in [1.165, 1.54) is 5.56 Å². The number of anilines is 1. The van der Waals surface area contributed by atoms with Gasteiger partial charge in [-0.3, -0.25) is 4.79 Å². The van der Waals surface area contributed by atoms with Gasteiger partial charge in [-0.05, 0) is 18.6 Å². The minimum atomic E-state index is -0.0765. The first kappa shape index (κ1) is 10.0. The monoisotopic (exact) mass is 204 g/mol. The van der Waals surface area contributed by atoms with Crippen LogP contribution >= 0.6 is 0 Å². The van der Waals surface area contributed by atoms with Crippen molar-refractivity contribution in [2.24, 2.45) is 0 Å². The third kappa shape index (κ3) is 1.82. The van der Waals surface area contributed by atoms with Crippen molar-refractivity contribution in [2.45, 2.75) is 19.4 Å². The van der Waals surface area contributed by atoms with Crippen molar-refractivity contribution in [1.82, 2.24) is 4.90 Å². The number of carbonyl (C=O) groups is 1. The molecule has 0 saturated heterocycles. The maximum absolute atomic E-state index is 11.9. The van der Waals surface area contributed by atoms with Crippen LogP contribution in [0.1, 0.15) is 12.5 Å². The molecular formula is C12H16N2O. The summed E-state index contributed by atoms with van der Waals surface area (Å²) in [7, 11) is 1.84. The first-order chi connectivity index (χ1) is 7.22. The summed E-state index contributed by atoms with van der Waals surface area (Å²) in [6, 6.07) is 8.02. The third-order valence-corrected chi connectivity index (χ3v) is 2.92. The first-order valence-electron chi connectivity index (χ1n) is 5.31. The second kappa shape index (κ2) is 3.93. The zero-order valence-electron chi connectivity index (χ0n) is 9.16. The molecule has 0 unspecified atom stereocenters. The fourth-order valence-electron chi connectivity index (χ4n) is 1.87. The van der Waals surface area contributed by atoms with Crippen LogP contribution in [0.5, 0.6) is 0 Å². The molecule has 0 aromatic heterocycles. The predicted molar refractivity (Wildman–Crippen MR) is 60.9 cm³/mol. The average Bonchev–Trinajstić information content (AvgIpc) is 2.70. The predicted octanol–water partition coefficient (Wildman–Crippen LogP) is 1.50. The molecule has 1 heterocycles. The van der Waals surface area contributed by atoms with Crippen molar-refractivity contribution in [3.8, 4) is 0 Å². The highest BCUT2D eigenvalue weighted by atomic mass is 16.2. The molecule has 1 aromatic carbocycles. The summed E-state index contributed by atoms with van der Waals surface area (Å²) < 4.78 is 0. The van der Waals surface area contributed by atoms with E-state index < -0.39 is 0 Å². The van der Waals surface area contributed by atoms with Crippen molar-refractivity contribution in [2.75, 3.05) is 18.9 Å². The number of para-hydroxylation sites is 1. The van der Waals surface area contributed by atoms with Gasteiger partial charge in [0.1, 0.15) is 6.04 Å². The van der Waals surface area contributed by atoms with Crippen molar-refractivity contribution < 1.29 is 4.79 Å². The Morgan fingerprint density at radius 2 is 2.27 bits per heavy atom. The molecule has 1 aliphatic heterocycles. The van der Waals surface area contributed by atoms with E-state index in [4.69, 9.17) is 0 Å². The lowest BCUT2D eigenvalue weighted by Gasteiger charge is -2.19. The van der Waals surface area contributed by atoms with Gasteiger partial charge in [-0.1, -0.05) is 18.2 Å². The highest BCUT2D eigenvalue weighted by Gasteiger charge is 2.27. The summed E-state index contributed by atoms with van der Waals surface area (Å²) in [5, 5.41) is 3.26. The van der Waals surface area contributed by atoms with Crippen molar-refractivity contribution in [3.63, 3.8) is 0 Å². The van der Waals surface area contributed by atoms with Crippen molar-refractivity contribution >= 4 is 11.6 Å². The molecule has 1 amide bonds. The van der Waals surface area contributed by atoms with E-state index in [1.807, 2.05) is 32.2 Å². The van der Waals surface area contributed by atoms with Gasteiger partial charge in [-0.25, -0.2) is 0 Å². The number of carbonyl (C=O) groups excluding carboxylic acids is 1. The number of hydrogen-bond acceptors (Lipinski definition) is 2. The van der Waals surface area contributed by atoms with E-state index in [0.717, 1.165) is 18.7 Å². The fraction of sp³-hybridized carbons (Fsp3) is 0.417. The van der Waals surface area contributed by atoms with E-state index in [0.29, 0.717) is 0 Å². The van der Waals surface area contributed by atoms with Gasteiger partial charge in [0.2, 0.25) is 5.91 Å². The number of fused-ring (bicyclic) bond motifs is 1. The smallest absolute Gasteiger partial charge is 0.245 e. The molecule has 1 aliphatic rings. The van der Waals surface area contributed by atoms with Gasteiger partial charge < -0.3 is 10.2 Å². The van der Waals surface area contributed by atoms with Crippen LogP contribution in [0.25, 0.3) is 0 Å². The van der Waals surface area contributed by atoms with Crippen molar-refractivity contribution in [1.29, 1.82) is 0 Å². The number of amides is 1. The molecule has 1 N–H and O–H groups in total. The lowest BCUT2D eigenvalue weighted by Crippen LogP contribution is -2.39. The van der Waals surface area contributed by atoms with Gasteiger partial charge in [0.05, 0.1) is 0 Å².